The van der Waals surface area contributed by atoms with Gasteiger partial charge in [-0.3, -0.25) is 4.79 Å². The maximum absolute atomic E-state index is 12.6. The van der Waals surface area contributed by atoms with Crippen molar-refractivity contribution >= 4 is 33.1 Å². The van der Waals surface area contributed by atoms with Gasteiger partial charge in [-0.25, -0.2) is 4.98 Å². The fraction of sp³-hybridized carbons (Fsp3) is 0.300. The molecule has 1 aliphatic rings. The average molecular weight is 351 g/mol. The lowest BCUT2D eigenvalue weighted by Gasteiger charge is -2.20. The number of benzene rings is 1. The van der Waals surface area contributed by atoms with Gasteiger partial charge in [0, 0.05) is 17.6 Å². The summed E-state index contributed by atoms with van der Waals surface area (Å²) in [7, 11) is 0. The van der Waals surface area contributed by atoms with Crippen LogP contribution in [-0.2, 0) is 19.4 Å². The Bertz CT molecular complexity index is 933. The van der Waals surface area contributed by atoms with E-state index in [1.54, 1.807) is 0 Å². The van der Waals surface area contributed by atoms with Gasteiger partial charge in [-0.15, -0.1) is 11.3 Å². The number of nitrogens with two attached hydrogens (primary N) is 1. The number of aromatic nitrogens is 1. The second-order valence-corrected chi connectivity index (χ2v) is 7.81. The maximum atomic E-state index is 12.6. The quantitative estimate of drug-likeness (QED) is 0.751. The van der Waals surface area contributed by atoms with E-state index in [0.717, 1.165) is 28.6 Å². The Kier molecular flexibility index (Phi) is 4.17. The molecule has 0 saturated carbocycles. The fourth-order valence-electron chi connectivity index (χ4n) is 3.40. The number of aryl methyl sites for hydroxylation is 1. The van der Waals surface area contributed by atoms with Crippen molar-refractivity contribution in [2.45, 2.75) is 32.7 Å². The molecular formula is C20H21N3OS. The average Bonchev–Trinajstić information content (AvgIpc) is 2.95. The van der Waals surface area contributed by atoms with Gasteiger partial charge in [-0.1, -0.05) is 37.3 Å². The third-order valence-corrected chi connectivity index (χ3v) is 5.95. The molecule has 128 valence electrons. The van der Waals surface area contributed by atoms with Crippen molar-refractivity contribution in [2.24, 2.45) is 5.92 Å². The summed E-state index contributed by atoms with van der Waals surface area (Å²) >= 11 is 1.39. The molecule has 1 aliphatic carbocycles. The molecule has 5 heteroatoms. The maximum Gasteiger partial charge on any atom is 0.263 e. The zero-order chi connectivity index (χ0) is 17.4. The molecule has 2 aromatic heterocycles. The van der Waals surface area contributed by atoms with E-state index >= 15 is 0 Å². The Morgan fingerprint density at radius 2 is 2.16 bits per heavy atom. The third kappa shape index (κ3) is 3.12. The van der Waals surface area contributed by atoms with Crippen molar-refractivity contribution in [1.82, 2.24) is 10.3 Å². The molecule has 0 spiro atoms. The molecule has 1 unspecified atom stereocenters. The van der Waals surface area contributed by atoms with Crippen LogP contribution in [0.1, 0.15) is 39.8 Å². The van der Waals surface area contributed by atoms with Crippen LogP contribution in [0.4, 0.5) is 5.69 Å². The number of hydrogen-bond donors (Lipinski definition) is 2. The van der Waals surface area contributed by atoms with Gasteiger partial charge in [0.1, 0.15) is 9.71 Å². The van der Waals surface area contributed by atoms with E-state index in [2.05, 4.69) is 18.3 Å². The number of pyridine rings is 1. The molecule has 0 bridgehead atoms. The highest BCUT2D eigenvalue weighted by Gasteiger charge is 2.22. The molecule has 1 atom stereocenters. The highest BCUT2D eigenvalue weighted by atomic mass is 32.1. The Hall–Kier alpha value is -2.40. The van der Waals surface area contributed by atoms with Gasteiger partial charge in [0.15, 0.2) is 0 Å². The highest BCUT2D eigenvalue weighted by molar-refractivity contribution is 7.21. The summed E-state index contributed by atoms with van der Waals surface area (Å²) in [6.07, 6.45) is 3.24. The fourth-order valence-corrected chi connectivity index (χ4v) is 4.41. The number of amides is 1. The van der Waals surface area contributed by atoms with Crippen LogP contribution in [0, 0.1) is 5.92 Å². The van der Waals surface area contributed by atoms with Crippen LogP contribution in [0.5, 0.6) is 0 Å². The van der Waals surface area contributed by atoms with E-state index in [1.165, 1.54) is 29.0 Å². The monoisotopic (exact) mass is 351 g/mol. The number of nitrogen functional groups attached to an aromatic ring is 1. The summed E-state index contributed by atoms with van der Waals surface area (Å²) in [5.74, 6) is 0.552. The van der Waals surface area contributed by atoms with Gasteiger partial charge in [0.05, 0.1) is 5.69 Å². The first-order valence-corrected chi connectivity index (χ1v) is 9.46. The molecule has 0 aliphatic heterocycles. The zero-order valence-corrected chi connectivity index (χ0v) is 15.0. The predicted molar refractivity (Wildman–Crippen MR) is 103 cm³/mol. The lowest BCUT2D eigenvalue weighted by molar-refractivity contribution is 0.0956. The lowest BCUT2D eigenvalue weighted by Crippen LogP contribution is -2.22. The normalized spacial score (nSPS) is 16.6. The number of thiophene rings is 1. The first-order chi connectivity index (χ1) is 12.1. The molecule has 1 amide bonds. The van der Waals surface area contributed by atoms with Gasteiger partial charge in [-0.2, -0.15) is 0 Å². The Balaban J connectivity index is 1.61. The standard InChI is InChI=1S/C20H21N3OS/c1-12-7-8-16-14(9-12)10-15-17(21)18(25-20(15)23-16)19(24)22-11-13-5-3-2-4-6-13/h2-6,10,12H,7-9,11,21H2,1H3,(H,22,24). The smallest absolute Gasteiger partial charge is 0.263 e. The topological polar surface area (TPSA) is 68.0 Å². The summed E-state index contributed by atoms with van der Waals surface area (Å²) in [5.41, 5.74) is 10.4. The number of hydrogen-bond acceptors (Lipinski definition) is 4. The molecule has 3 N–H and O–H groups in total. The third-order valence-electron chi connectivity index (χ3n) is 4.83. The number of nitrogens with one attached hydrogen (secondary N) is 1. The van der Waals surface area contributed by atoms with Crippen LogP contribution >= 0.6 is 11.3 Å². The summed E-state index contributed by atoms with van der Waals surface area (Å²) in [6.45, 7) is 2.77. The molecule has 3 aromatic rings. The Morgan fingerprint density at radius 3 is 2.96 bits per heavy atom. The van der Waals surface area contributed by atoms with Crippen LogP contribution in [0.3, 0.4) is 0 Å². The first-order valence-electron chi connectivity index (χ1n) is 8.64. The molecule has 4 rings (SSSR count). The largest absolute Gasteiger partial charge is 0.397 e. The second-order valence-electron chi connectivity index (χ2n) is 6.81. The van der Waals surface area contributed by atoms with Crippen molar-refractivity contribution in [3.8, 4) is 0 Å². The molecule has 4 nitrogen and oxygen atoms in total. The second kappa shape index (κ2) is 6.48. The Morgan fingerprint density at radius 1 is 1.36 bits per heavy atom. The Labute approximate surface area is 151 Å². The SMILES string of the molecule is CC1CCc2nc3sc(C(=O)NCc4ccccc4)c(N)c3cc2C1. The van der Waals surface area contributed by atoms with Crippen molar-refractivity contribution in [1.29, 1.82) is 0 Å². The molecule has 2 heterocycles. The lowest BCUT2D eigenvalue weighted by atomic mass is 9.87. The van der Waals surface area contributed by atoms with E-state index in [1.807, 2.05) is 30.3 Å². The van der Waals surface area contributed by atoms with E-state index in [-0.39, 0.29) is 5.91 Å². The molecule has 0 radical (unpaired) electrons. The van der Waals surface area contributed by atoms with Crippen LogP contribution in [0.2, 0.25) is 0 Å². The summed E-state index contributed by atoms with van der Waals surface area (Å²) in [4.78, 5) is 18.8. The first kappa shape index (κ1) is 16.1. The molecule has 0 saturated heterocycles. The number of carbonyl (C=O) groups excluding carboxylic acids is 1. The molecule has 25 heavy (non-hydrogen) atoms. The van der Waals surface area contributed by atoms with E-state index < -0.39 is 0 Å². The van der Waals surface area contributed by atoms with E-state index in [0.29, 0.717) is 23.0 Å². The predicted octanol–water partition coefficient (Wildman–Crippen LogP) is 3.93. The number of carbonyl (C=O) groups is 1. The molecule has 0 fully saturated rings. The number of fused-ring (bicyclic) bond motifs is 2. The van der Waals surface area contributed by atoms with E-state index in [9.17, 15) is 4.79 Å². The summed E-state index contributed by atoms with van der Waals surface area (Å²) in [5, 5.41) is 3.88. The van der Waals surface area contributed by atoms with Crippen LogP contribution < -0.4 is 11.1 Å². The number of nitrogens with zero attached hydrogens (tertiary/aromatic N) is 1. The highest BCUT2D eigenvalue weighted by Crippen LogP contribution is 2.36. The number of anilines is 1. The minimum atomic E-state index is -0.129. The van der Waals surface area contributed by atoms with Gasteiger partial charge in [0.2, 0.25) is 0 Å². The van der Waals surface area contributed by atoms with E-state index in [4.69, 9.17) is 10.7 Å². The zero-order valence-electron chi connectivity index (χ0n) is 14.2. The van der Waals surface area contributed by atoms with Crippen molar-refractivity contribution < 1.29 is 4.79 Å². The minimum Gasteiger partial charge on any atom is -0.397 e. The van der Waals surface area contributed by atoms with Crippen molar-refractivity contribution in [2.75, 3.05) is 5.73 Å². The molecular weight excluding hydrogens is 330 g/mol. The van der Waals surface area contributed by atoms with Crippen LogP contribution in [0.15, 0.2) is 36.4 Å². The van der Waals surface area contributed by atoms with Gasteiger partial charge in [0.25, 0.3) is 5.91 Å². The number of rotatable bonds is 3. The van der Waals surface area contributed by atoms with Gasteiger partial charge >= 0.3 is 0 Å². The van der Waals surface area contributed by atoms with Crippen molar-refractivity contribution in [3.63, 3.8) is 0 Å². The van der Waals surface area contributed by atoms with Crippen LogP contribution in [-0.4, -0.2) is 10.9 Å². The summed E-state index contributed by atoms with van der Waals surface area (Å²) < 4.78 is 0. The minimum absolute atomic E-state index is 0.129. The van der Waals surface area contributed by atoms with Gasteiger partial charge in [-0.05, 0) is 42.4 Å². The van der Waals surface area contributed by atoms with Crippen molar-refractivity contribution in [3.05, 3.63) is 58.1 Å². The summed E-state index contributed by atoms with van der Waals surface area (Å²) in [6, 6.07) is 12.0. The van der Waals surface area contributed by atoms with Gasteiger partial charge < -0.3 is 11.1 Å². The van der Waals surface area contributed by atoms with Crippen LogP contribution in [0.25, 0.3) is 10.2 Å². The molecule has 1 aromatic carbocycles.